The van der Waals surface area contributed by atoms with E-state index in [4.69, 9.17) is 5.73 Å². The monoisotopic (exact) mass is 471 g/mol. The number of urea groups is 1. The molecule has 34 heavy (non-hydrogen) atoms. The van der Waals surface area contributed by atoms with E-state index in [1.54, 1.807) is 0 Å². The average molecular weight is 472 g/mol. The largest absolute Gasteiger partial charge is 0.391 e. The summed E-state index contributed by atoms with van der Waals surface area (Å²) in [5, 5.41) is 16.1. The number of hydrogen-bond acceptors (Lipinski definition) is 5. The molecule has 0 radical (unpaired) electrons. The lowest BCUT2D eigenvalue weighted by atomic mass is 9.81. The molecule has 9 nitrogen and oxygen atoms in total. The second-order valence-electron chi connectivity index (χ2n) is 9.88. The van der Waals surface area contributed by atoms with Crippen LogP contribution in [0.15, 0.2) is 30.3 Å². The number of nitrogens with two attached hydrogens (primary N) is 1. The minimum absolute atomic E-state index is 0.00943. The van der Waals surface area contributed by atoms with Gasteiger partial charge in [0.05, 0.1) is 12.1 Å². The predicted molar refractivity (Wildman–Crippen MR) is 127 cm³/mol. The summed E-state index contributed by atoms with van der Waals surface area (Å²) in [6.45, 7) is 2.11. The van der Waals surface area contributed by atoms with Gasteiger partial charge in [-0.2, -0.15) is 0 Å². The maximum atomic E-state index is 13.0. The molecule has 5 N–H and O–H groups in total. The van der Waals surface area contributed by atoms with E-state index in [0.29, 0.717) is 6.54 Å². The lowest BCUT2D eigenvalue weighted by Crippen LogP contribution is -2.53. The summed E-state index contributed by atoms with van der Waals surface area (Å²) in [6.07, 6.45) is 4.71. The zero-order valence-electron chi connectivity index (χ0n) is 19.7. The first kappa shape index (κ1) is 24.5. The summed E-state index contributed by atoms with van der Waals surface area (Å²) in [5.74, 6) is -0.0378. The van der Waals surface area contributed by atoms with Gasteiger partial charge in [0.2, 0.25) is 11.8 Å². The van der Waals surface area contributed by atoms with Gasteiger partial charge in [0.15, 0.2) is 0 Å². The van der Waals surface area contributed by atoms with E-state index in [0.717, 1.165) is 57.2 Å². The lowest BCUT2D eigenvalue weighted by molar-refractivity contribution is -0.133. The van der Waals surface area contributed by atoms with Crippen LogP contribution in [0.25, 0.3) is 0 Å². The number of β-amino-alcohol motifs (C(OH)–C–C–N with tert-alkyl or cyclic N) is 1. The average Bonchev–Trinajstić information content (AvgIpc) is 3.53. The maximum absolute atomic E-state index is 13.0. The van der Waals surface area contributed by atoms with Gasteiger partial charge in [0.25, 0.3) is 0 Å². The maximum Gasteiger partial charge on any atom is 0.318 e. The Morgan fingerprint density at radius 3 is 2.41 bits per heavy atom. The van der Waals surface area contributed by atoms with Crippen molar-refractivity contribution in [3.05, 3.63) is 35.9 Å². The molecule has 0 aromatic heterocycles. The van der Waals surface area contributed by atoms with Gasteiger partial charge >= 0.3 is 6.03 Å². The van der Waals surface area contributed by atoms with E-state index in [2.05, 4.69) is 10.6 Å². The molecule has 2 heterocycles. The smallest absolute Gasteiger partial charge is 0.318 e. The Balaban J connectivity index is 1.25. The summed E-state index contributed by atoms with van der Waals surface area (Å²) in [4.78, 5) is 41.7. The summed E-state index contributed by atoms with van der Waals surface area (Å²) < 4.78 is 0. The molecule has 3 fully saturated rings. The molecule has 1 saturated carbocycles. The first-order valence-electron chi connectivity index (χ1n) is 12.5. The van der Waals surface area contributed by atoms with Crippen LogP contribution >= 0.6 is 0 Å². The molecule has 4 rings (SSSR count). The molecule has 1 aliphatic carbocycles. The van der Waals surface area contributed by atoms with Gasteiger partial charge in [-0.25, -0.2) is 4.79 Å². The van der Waals surface area contributed by atoms with Crippen LogP contribution in [0.2, 0.25) is 0 Å². The van der Waals surface area contributed by atoms with Crippen LogP contribution in [-0.4, -0.2) is 76.6 Å². The third kappa shape index (κ3) is 5.88. The fourth-order valence-corrected chi connectivity index (χ4v) is 5.43. The number of aliphatic hydroxyl groups excluding tert-OH is 1. The number of nitrogens with zero attached hydrogens (tertiary/aromatic N) is 2. The van der Waals surface area contributed by atoms with Crippen molar-refractivity contribution in [3.8, 4) is 0 Å². The van der Waals surface area contributed by atoms with Crippen LogP contribution < -0.4 is 16.4 Å². The zero-order chi connectivity index (χ0) is 24.1. The minimum atomic E-state index is -0.719. The van der Waals surface area contributed by atoms with Crippen molar-refractivity contribution < 1.29 is 19.5 Å². The van der Waals surface area contributed by atoms with Crippen molar-refractivity contribution in [2.75, 3.05) is 19.6 Å². The highest BCUT2D eigenvalue weighted by Gasteiger charge is 2.40. The number of benzene rings is 1. The number of aliphatic hydroxyl groups is 1. The van der Waals surface area contributed by atoms with E-state index in [-0.39, 0.29) is 42.8 Å². The van der Waals surface area contributed by atoms with Gasteiger partial charge in [0.1, 0.15) is 6.04 Å². The lowest BCUT2D eigenvalue weighted by Gasteiger charge is -2.34. The standard InChI is InChI=1S/C25H37N5O4/c26-22(24(33)29-12-4-5-13-29)18-8-10-19(11-9-18)28-23(32)21-14-20(31)16-30(21)25(34)27-15-17-6-2-1-3-7-17/h1-3,6-7,18-22,31H,4-5,8-16,26H2,(H,27,34)(H,28,32)/t18?,19?,20-,21+,22+/m1/s1. The van der Waals surface area contributed by atoms with Gasteiger partial charge in [-0.05, 0) is 50.0 Å². The van der Waals surface area contributed by atoms with E-state index in [1.807, 2.05) is 35.2 Å². The summed E-state index contributed by atoms with van der Waals surface area (Å²) in [7, 11) is 0. The molecule has 0 bridgehead atoms. The Bertz CT molecular complexity index is 852. The van der Waals surface area contributed by atoms with E-state index in [9.17, 15) is 19.5 Å². The molecular weight excluding hydrogens is 434 g/mol. The fourth-order valence-electron chi connectivity index (χ4n) is 5.43. The van der Waals surface area contributed by atoms with Crippen LogP contribution in [-0.2, 0) is 16.1 Å². The first-order chi connectivity index (χ1) is 16.4. The Kier molecular flexibility index (Phi) is 8.05. The fraction of sp³-hybridized carbons (Fsp3) is 0.640. The Labute approximate surface area is 201 Å². The van der Waals surface area contributed by atoms with Crippen molar-refractivity contribution in [1.29, 1.82) is 0 Å². The topological polar surface area (TPSA) is 128 Å². The second kappa shape index (κ2) is 11.2. The van der Waals surface area contributed by atoms with Crippen LogP contribution in [0.1, 0.15) is 50.5 Å². The van der Waals surface area contributed by atoms with E-state index >= 15 is 0 Å². The number of likely N-dealkylation sites (tertiary alicyclic amines) is 2. The third-order valence-corrected chi connectivity index (χ3v) is 7.46. The molecule has 0 unspecified atom stereocenters. The van der Waals surface area contributed by atoms with Crippen LogP contribution in [0, 0.1) is 5.92 Å². The molecule has 0 spiro atoms. The van der Waals surface area contributed by atoms with Crippen LogP contribution in [0.5, 0.6) is 0 Å². The highest BCUT2D eigenvalue weighted by molar-refractivity contribution is 5.88. The van der Waals surface area contributed by atoms with Crippen molar-refractivity contribution >= 4 is 17.8 Å². The molecule has 186 valence electrons. The van der Waals surface area contributed by atoms with Crippen molar-refractivity contribution in [2.24, 2.45) is 11.7 Å². The number of carbonyl (C=O) groups is 3. The Morgan fingerprint density at radius 1 is 1.06 bits per heavy atom. The summed E-state index contributed by atoms with van der Waals surface area (Å²) >= 11 is 0. The molecule has 3 atom stereocenters. The van der Waals surface area contributed by atoms with E-state index < -0.39 is 18.2 Å². The summed E-state index contributed by atoms with van der Waals surface area (Å²) in [5.41, 5.74) is 7.27. The van der Waals surface area contributed by atoms with Crippen LogP contribution in [0.4, 0.5) is 4.79 Å². The molecule has 1 aromatic carbocycles. The van der Waals surface area contributed by atoms with Gasteiger partial charge < -0.3 is 31.3 Å². The van der Waals surface area contributed by atoms with Gasteiger partial charge in [-0.1, -0.05) is 30.3 Å². The van der Waals surface area contributed by atoms with Gasteiger partial charge in [-0.3, -0.25) is 9.59 Å². The summed E-state index contributed by atoms with van der Waals surface area (Å²) in [6, 6.07) is 8.04. The highest BCUT2D eigenvalue weighted by Crippen LogP contribution is 2.28. The quantitative estimate of drug-likeness (QED) is 0.491. The third-order valence-electron chi connectivity index (χ3n) is 7.46. The number of carbonyl (C=O) groups excluding carboxylic acids is 3. The Hall–Kier alpha value is -2.65. The number of rotatable bonds is 6. The molecule has 4 amide bonds. The molecule has 2 saturated heterocycles. The van der Waals surface area contributed by atoms with Crippen molar-refractivity contribution in [2.45, 2.75) is 75.7 Å². The highest BCUT2D eigenvalue weighted by atomic mass is 16.3. The second-order valence-corrected chi connectivity index (χ2v) is 9.88. The molecule has 9 heteroatoms. The van der Waals surface area contributed by atoms with Crippen molar-refractivity contribution in [1.82, 2.24) is 20.4 Å². The number of nitrogens with one attached hydrogen (secondary N) is 2. The van der Waals surface area contributed by atoms with Crippen molar-refractivity contribution in [3.63, 3.8) is 0 Å². The van der Waals surface area contributed by atoms with Crippen LogP contribution in [0.3, 0.4) is 0 Å². The number of amides is 4. The molecule has 2 aliphatic heterocycles. The molecular formula is C25H37N5O4. The number of hydrogen-bond donors (Lipinski definition) is 4. The first-order valence-corrected chi connectivity index (χ1v) is 12.5. The zero-order valence-corrected chi connectivity index (χ0v) is 19.7. The van der Waals surface area contributed by atoms with Gasteiger partial charge in [-0.15, -0.1) is 0 Å². The minimum Gasteiger partial charge on any atom is -0.391 e. The predicted octanol–water partition coefficient (Wildman–Crippen LogP) is 0.956. The SMILES string of the molecule is N[C@H](C(=O)N1CCCC1)C1CCC(NC(=O)[C@@H]2C[C@@H](O)CN2C(=O)NCc2ccccc2)CC1. The molecule has 1 aromatic rings. The van der Waals surface area contributed by atoms with Gasteiger partial charge in [0, 0.05) is 38.6 Å². The normalized spacial score (nSPS) is 27.9. The Morgan fingerprint density at radius 2 is 1.74 bits per heavy atom. The van der Waals surface area contributed by atoms with E-state index in [1.165, 1.54) is 4.90 Å². The molecule has 3 aliphatic rings.